The van der Waals surface area contributed by atoms with Gasteiger partial charge in [0.1, 0.15) is 5.82 Å². The van der Waals surface area contributed by atoms with E-state index in [0.717, 1.165) is 11.0 Å². The summed E-state index contributed by atoms with van der Waals surface area (Å²) in [7, 11) is 1.35. The Morgan fingerprint density at radius 1 is 1.28 bits per heavy atom. The van der Waals surface area contributed by atoms with E-state index in [4.69, 9.17) is 23.2 Å². The van der Waals surface area contributed by atoms with Gasteiger partial charge >= 0.3 is 12.2 Å². The van der Waals surface area contributed by atoms with Gasteiger partial charge in [0, 0.05) is 11.6 Å². The van der Waals surface area contributed by atoms with Crippen molar-refractivity contribution in [1.29, 1.82) is 0 Å². The van der Waals surface area contributed by atoms with Crippen molar-refractivity contribution in [1.82, 2.24) is 15.5 Å². The summed E-state index contributed by atoms with van der Waals surface area (Å²) in [5.74, 6) is -0.650. The van der Waals surface area contributed by atoms with Gasteiger partial charge in [-0.25, -0.2) is 9.18 Å². The minimum Gasteiger partial charge on any atom is -0.338 e. The fourth-order valence-corrected chi connectivity index (χ4v) is 2.68. The molecule has 2 N–H and O–H groups in total. The van der Waals surface area contributed by atoms with Crippen molar-refractivity contribution in [3.63, 3.8) is 0 Å². The number of urea groups is 1. The molecule has 1 atom stereocenters. The number of carbonyl (C=O) groups excluding carboxylic acids is 1. The molecule has 0 aromatic heterocycles. The van der Waals surface area contributed by atoms with Crippen LogP contribution in [0.25, 0.3) is 0 Å². The molecule has 25 heavy (non-hydrogen) atoms. The maximum absolute atomic E-state index is 13.5. The van der Waals surface area contributed by atoms with E-state index in [1.807, 2.05) is 0 Å². The lowest BCUT2D eigenvalue weighted by Crippen LogP contribution is -2.39. The first kappa shape index (κ1) is 21.8. The zero-order chi connectivity index (χ0) is 19.2. The first-order chi connectivity index (χ1) is 11.5. The van der Waals surface area contributed by atoms with Gasteiger partial charge in [-0.1, -0.05) is 23.2 Å². The zero-order valence-corrected chi connectivity index (χ0v) is 15.2. The molecule has 1 aromatic rings. The Morgan fingerprint density at radius 2 is 1.92 bits per heavy atom. The van der Waals surface area contributed by atoms with E-state index in [9.17, 15) is 22.4 Å². The largest absolute Gasteiger partial charge is 0.401 e. The fourth-order valence-electron chi connectivity index (χ4n) is 2.13. The monoisotopic (exact) mass is 403 g/mol. The van der Waals surface area contributed by atoms with Gasteiger partial charge in [0.05, 0.1) is 17.6 Å². The van der Waals surface area contributed by atoms with Crippen LogP contribution in [0, 0.1) is 5.82 Å². The third kappa shape index (κ3) is 8.11. The first-order valence-electron chi connectivity index (χ1n) is 7.43. The molecular formula is C15H19Cl2F4N3O. The van der Waals surface area contributed by atoms with Crippen LogP contribution in [-0.2, 0) is 0 Å². The van der Waals surface area contributed by atoms with Gasteiger partial charge in [0.25, 0.3) is 0 Å². The van der Waals surface area contributed by atoms with Gasteiger partial charge in [0.15, 0.2) is 0 Å². The van der Waals surface area contributed by atoms with Gasteiger partial charge in [-0.15, -0.1) is 0 Å². The molecule has 0 aliphatic carbocycles. The molecule has 0 aliphatic heterocycles. The highest BCUT2D eigenvalue weighted by Gasteiger charge is 2.28. The summed E-state index contributed by atoms with van der Waals surface area (Å²) in [6, 6.07) is 1.28. The molecule has 0 radical (unpaired) electrons. The van der Waals surface area contributed by atoms with Crippen molar-refractivity contribution in [3.05, 3.63) is 33.6 Å². The lowest BCUT2D eigenvalue weighted by atomic mass is 10.1. The van der Waals surface area contributed by atoms with Crippen LogP contribution < -0.4 is 10.6 Å². The molecular weight excluding hydrogens is 385 g/mol. The molecule has 1 rings (SSSR count). The summed E-state index contributed by atoms with van der Waals surface area (Å²) in [4.78, 5) is 12.9. The van der Waals surface area contributed by atoms with E-state index in [-0.39, 0.29) is 23.1 Å². The molecule has 0 saturated heterocycles. The Balaban J connectivity index is 2.38. The summed E-state index contributed by atoms with van der Waals surface area (Å²) < 4.78 is 50.0. The molecule has 1 aromatic carbocycles. The van der Waals surface area contributed by atoms with E-state index < -0.39 is 30.6 Å². The van der Waals surface area contributed by atoms with Gasteiger partial charge in [0.2, 0.25) is 0 Å². The third-order valence-corrected chi connectivity index (χ3v) is 3.92. The molecule has 0 bridgehead atoms. The van der Waals surface area contributed by atoms with Crippen molar-refractivity contribution >= 4 is 29.2 Å². The number of amides is 2. The lowest BCUT2D eigenvalue weighted by molar-refractivity contribution is -0.143. The minimum atomic E-state index is -4.25. The first-order valence-corrected chi connectivity index (χ1v) is 8.19. The number of alkyl halides is 3. The molecule has 4 nitrogen and oxygen atoms in total. The van der Waals surface area contributed by atoms with Gasteiger partial charge in [-0.2, -0.15) is 13.2 Å². The smallest absolute Gasteiger partial charge is 0.338 e. The highest BCUT2D eigenvalue weighted by molar-refractivity contribution is 6.35. The predicted octanol–water partition coefficient (Wildman–Crippen LogP) is 4.38. The normalized spacial score (nSPS) is 13.0. The van der Waals surface area contributed by atoms with Crippen molar-refractivity contribution < 1.29 is 22.4 Å². The van der Waals surface area contributed by atoms with Gasteiger partial charge < -0.3 is 10.6 Å². The van der Waals surface area contributed by atoms with Crippen LogP contribution in [0.4, 0.5) is 22.4 Å². The molecule has 2 amide bonds. The van der Waals surface area contributed by atoms with Crippen molar-refractivity contribution in [3.8, 4) is 0 Å². The van der Waals surface area contributed by atoms with E-state index in [1.165, 1.54) is 13.1 Å². The summed E-state index contributed by atoms with van der Waals surface area (Å²) in [5.41, 5.74) is 0.364. The number of benzene rings is 1. The van der Waals surface area contributed by atoms with Crippen LogP contribution in [0.1, 0.15) is 24.9 Å². The Morgan fingerprint density at radius 3 is 2.52 bits per heavy atom. The number of halogens is 6. The average Bonchev–Trinajstić information content (AvgIpc) is 2.45. The van der Waals surface area contributed by atoms with Crippen LogP contribution >= 0.6 is 23.2 Å². The molecule has 0 spiro atoms. The van der Waals surface area contributed by atoms with Crippen molar-refractivity contribution in [2.24, 2.45) is 0 Å². The third-order valence-electron chi connectivity index (χ3n) is 3.31. The number of carbonyl (C=O) groups is 1. The van der Waals surface area contributed by atoms with Crippen LogP contribution in [0.3, 0.4) is 0 Å². The van der Waals surface area contributed by atoms with Crippen LogP contribution in [0.2, 0.25) is 10.0 Å². The summed E-state index contributed by atoms with van der Waals surface area (Å²) in [6.07, 6.45) is -3.90. The molecule has 10 heteroatoms. The molecule has 1 unspecified atom stereocenters. The summed E-state index contributed by atoms with van der Waals surface area (Å²) >= 11 is 11.6. The Bertz CT molecular complexity index is 599. The number of rotatable bonds is 7. The molecule has 0 fully saturated rings. The highest BCUT2D eigenvalue weighted by atomic mass is 35.5. The Hall–Kier alpha value is -1.25. The number of nitrogens with zero attached hydrogens (tertiary/aromatic N) is 1. The minimum absolute atomic E-state index is 0.117. The van der Waals surface area contributed by atoms with Gasteiger partial charge in [-0.3, -0.25) is 4.90 Å². The predicted molar refractivity (Wildman–Crippen MR) is 89.5 cm³/mol. The second-order valence-corrected chi connectivity index (χ2v) is 6.43. The van der Waals surface area contributed by atoms with Crippen LogP contribution in [0.5, 0.6) is 0 Å². The molecule has 0 aliphatic rings. The Labute approximate surface area is 153 Å². The average molecular weight is 404 g/mol. The SMILES string of the molecule is CC(NC(=O)NCCCN(C)CC(F)(F)F)c1cc(F)c(Cl)cc1Cl. The quantitative estimate of drug-likeness (QED) is 0.403. The van der Waals surface area contributed by atoms with Crippen LogP contribution in [-0.4, -0.2) is 43.8 Å². The standard InChI is InChI=1S/C15H19Cl2F4N3O/c1-9(10-6-13(18)12(17)7-11(10)16)23-14(25)22-4-3-5-24(2)8-15(19,20)21/h6-7,9H,3-5,8H2,1-2H3,(H2,22,23,25). The fraction of sp³-hybridized carbons (Fsp3) is 0.533. The van der Waals surface area contributed by atoms with E-state index in [2.05, 4.69) is 10.6 Å². The van der Waals surface area contributed by atoms with Crippen molar-refractivity contribution in [2.45, 2.75) is 25.6 Å². The number of hydrogen-bond acceptors (Lipinski definition) is 2. The maximum Gasteiger partial charge on any atom is 0.401 e. The molecule has 0 heterocycles. The van der Waals surface area contributed by atoms with Crippen LogP contribution in [0.15, 0.2) is 12.1 Å². The maximum atomic E-state index is 13.5. The zero-order valence-electron chi connectivity index (χ0n) is 13.7. The van der Waals surface area contributed by atoms with Gasteiger partial charge in [-0.05, 0) is 44.6 Å². The van der Waals surface area contributed by atoms with E-state index in [0.29, 0.717) is 12.0 Å². The second kappa shape index (κ2) is 9.45. The highest BCUT2D eigenvalue weighted by Crippen LogP contribution is 2.28. The lowest BCUT2D eigenvalue weighted by Gasteiger charge is -2.19. The van der Waals surface area contributed by atoms with E-state index >= 15 is 0 Å². The summed E-state index contributed by atoms with van der Waals surface area (Å²) in [5, 5.41) is 5.20. The summed E-state index contributed by atoms with van der Waals surface area (Å²) in [6.45, 7) is 0.995. The topological polar surface area (TPSA) is 44.4 Å². The van der Waals surface area contributed by atoms with Crippen molar-refractivity contribution in [2.75, 3.05) is 26.7 Å². The number of hydrogen-bond donors (Lipinski definition) is 2. The second-order valence-electron chi connectivity index (χ2n) is 5.62. The van der Waals surface area contributed by atoms with E-state index in [1.54, 1.807) is 6.92 Å². The molecule has 0 saturated carbocycles. The Kier molecular flexibility index (Phi) is 8.24. The number of nitrogens with one attached hydrogen (secondary N) is 2. The molecule has 142 valence electrons.